The van der Waals surface area contributed by atoms with Gasteiger partial charge in [0.15, 0.2) is 0 Å². The van der Waals surface area contributed by atoms with Crippen molar-refractivity contribution in [2.45, 2.75) is 32.6 Å². The lowest BCUT2D eigenvalue weighted by atomic mass is 9.95. The van der Waals surface area contributed by atoms with Crippen molar-refractivity contribution in [3.05, 3.63) is 51.7 Å². The van der Waals surface area contributed by atoms with Gasteiger partial charge in [-0.3, -0.25) is 9.78 Å². The molecule has 0 spiro atoms. The summed E-state index contributed by atoms with van der Waals surface area (Å²) < 4.78 is 5.19. The largest absolute Gasteiger partial charge is 0.462 e. The fourth-order valence-corrected chi connectivity index (χ4v) is 4.29. The van der Waals surface area contributed by atoms with E-state index in [0.717, 1.165) is 36.1 Å². The highest BCUT2D eigenvalue weighted by molar-refractivity contribution is 7.17. The van der Waals surface area contributed by atoms with E-state index in [0.29, 0.717) is 16.1 Å². The summed E-state index contributed by atoms with van der Waals surface area (Å²) in [6, 6.07) is 5.40. The Morgan fingerprint density at radius 3 is 2.93 bits per heavy atom. The zero-order valence-corrected chi connectivity index (χ0v) is 15.8. The van der Waals surface area contributed by atoms with E-state index in [1.165, 1.54) is 17.4 Å². The molecular formula is C20H19N3O3S. The van der Waals surface area contributed by atoms with Gasteiger partial charge in [0.25, 0.3) is 5.91 Å². The Balaban J connectivity index is 1.91. The summed E-state index contributed by atoms with van der Waals surface area (Å²) in [4.78, 5) is 30.2. The predicted molar refractivity (Wildman–Crippen MR) is 103 cm³/mol. The van der Waals surface area contributed by atoms with Gasteiger partial charge in [0, 0.05) is 17.3 Å². The average molecular weight is 381 g/mol. The van der Waals surface area contributed by atoms with Crippen LogP contribution in [-0.4, -0.2) is 23.5 Å². The van der Waals surface area contributed by atoms with Crippen LogP contribution in [0.25, 0.3) is 6.08 Å². The number of carbonyl (C=O) groups excluding carboxylic acids is 2. The number of aromatic nitrogens is 1. The number of hydrogen-bond acceptors (Lipinski definition) is 6. The van der Waals surface area contributed by atoms with Crippen LogP contribution >= 0.6 is 11.3 Å². The summed E-state index contributed by atoms with van der Waals surface area (Å²) in [6.45, 7) is 2.01. The second-order valence-electron chi connectivity index (χ2n) is 6.05. The molecule has 1 aliphatic carbocycles. The first kappa shape index (κ1) is 18.8. The maximum absolute atomic E-state index is 12.6. The van der Waals surface area contributed by atoms with Crippen LogP contribution in [0.2, 0.25) is 0 Å². The number of carbonyl (C=O) groups is 2. The molecule has 0 aliphatic heterocycles. The van der Waals surface area contributed by atoms with Crippen molar-refractivity contribution in [3.8, 4) is 6.07 Å². The van der Waals surface area contributed by atoms with E-state index in [-0.39, 0.29) is 12.2 Å². The van der Waals surface area contributed by atoms with Crippen molar-refractivity contribution in [3.63, 3.8) is 0 Å². The SMILES string of the molecule is CCOC(=O)c1c(NC(=O)/C(C#N)=C\c2cccnc2)sc2c1CCCC2. The van der Waals surface area contributed by atoms with Gasteiger partial charge < -0.3 is 10.1 Å². The van der Waals surface area contributed by atoms with Crippen molar-refractivity contribution < 1.29 is 14.3 Å². The van der Waals surface area contributed by atoms with Gasteiger partial charge in [-0.1, -0.05) is 6.07 Å². The molecule has 27 heavy (non-hydrogen) atoms. The monoisotopic (exact) mass is 381 g/mol. The first-order valence-corrected chi connectivity index (χ1v) is 9.60. The highest BCUT2D eigenvalue weighted by Crippen LogP contribution is 2.38. The van der Waals surface area contributed by atoms with Crippen molar-refractivity contribution >= 4 is 34.3 Å². The molecule has 0 saturated carbocycles. The van der Waals surface area contributed by atoms with Crippen LogP contribution in [-0.2, 0) is 22.4 Å². The minimum absolute atomic E-state index is 0.0517. The molecule has 0 bridgehead atoms. The van der Waals surface area contributed by atoms with Crippen LogP contribution in [0, 0.1) is 11.3 Å². The molecule has 3 rings (SSSR count). The molecule has 0 saturated heterocycles. The van der Waals surface area contributed by atoms with Gasteiger partial charge in [0.1, 0.15) is 16.6 Å². The van der Waals surface area contributed by atoms with E-state index in [9.17, 15) is 14.9 Å². The number of nitrogens with zero attached hydrogens (tertiary/aromatic N) is 2. The molecule has 6 nitrogen and oxygen atoms in total. The molecule has 1 N–H and O–H groups in total. The molecule has 0 unspecified atom stereocenters. The van der Waals surface area contributed by atoms with Gasteiger partial charge in [-0.25, -0.2) is 4.79 Å². The number of nitriles is 1. The lowest BCUT2D eigenvalue weighted by Crippen LogP contribution is -2.16. The highest BCUT2D eigenvalue weighted by atomic mass is 32.1. The number of fused-ring (bicyclic) bond motifs is 1. The second-order valence-corrected chi connectivity index (χ2v) is 7.15. The lowest BCUT2D eigenvalue weighted by molar-refractivity contribution is -0.112. The molecule has 2 aromatic rings. The first-order valence-electron chi connectivity index (χ1n) is 8.78. The number of amides is 1. The lowest BCUT2D eigenvalue weighted by Gasteiger charge is -2.12. The van der Waals surface area contributed by atoms with Crippen LogP contribution in [0.3, 0.4) is 0 Å². The van der Waals surface area contributed by atoms with Gasteiger partial charge >= 0.3 is 5.97 Å². The Hall–Kier alpha value is -2.98. The van der Waals surface area contributed by atoms with Gasteiger partial charge in [0.2, 0.25) is 0 Å². The van der Waals surface area contributed by atoms with E-state index in [4.69, 9.17) is 4.74 Å². The Bertz CT molecular complexity index is 926. The van der Waals surface area contributed by atoms with Crippen LogP contribution in [0.15, 0.2) is 30.1 Å². The van der Waals surface area contributed by atoms with Gasteiger partial charge in [-0.2, -0.15) is 5.26 Å². The van der Waals surface area contributed by atoms with Gasteiger partial charge in [-0.15, -0.1) is 11.3 Å². The summed E-state index contributed by atoms with van der Waals surface area (Å²) in [7, 11) is 0. The number of thiophene rings is 1. The molecular weight excluding hydrogens is 362 g/mol. The Labute approximate surface area is 161 Å². The van der Waals surface area contributed by atoms with E-state index in [2.05, 4.69) is 10.3 Å². The van der Waals surface area contributed by atoms with Crippen molar-refractivity contribution in [1.82, 2.24) is 4.98 Å². The normalized spacial score (nSPS) is 13.4. The highest BCUT2D eigenvalue weighted by Gasteiger charge is 2.27. The quantitative estimate of drug-likeness (QED) is 0.484. The molecule has 0 radical (unpaired) electrons. The van der Waals surface area contributed by atoms with Crippen molar-refractivity contribution in [1.29, 1.82) is 5.26 Å². The number of ether oxygens (including phenoxy) is 1. The summed E-state index contributed by atoms with van der Waals surface area (Å²) in [5, 5.41) is 12.6. The number of nitrogens with one attached hydrogen (secondary N) is 1. The number of aryl methyl sites for hydroxylation is 1. The second kappa shape index (κ2) is 8.60. The fourth-order valence-electron chi connectivity index (χ4n) is 3.02. The molecule has 1 aliphatic rings. The van der Waals surface area contributed by atoms with Crippen LogP contribution in [0.1, 0.15) is 46.1 Å². The topological polar surface area (TPSA) is 92.1 Å². The molecule has 138 valence electrons. The summed E-state index contributed by atoms with van der Waals surface area (Å²) in [5.41, 5.74) is 2.00. The predicted octanol–water partition coefficient (Wildman–Crippen LogP) is 3.74. The molecule has 0 atom stereocenters. The third-order valence-corrected chi connectivity index (χ3v) is 5.45. The third-order valence-electron chi connectivity index (χ3n) is 4.24. The van der Waals surface area contributed by atoms with Crippen molar-refractivity contribution in [2.75, 3.05) is 11.9 Å². The molecule has 0 aromatic carbocycles. The Morgan fingerprint density at radius 1 is 1.41 bits per heavy atom. The summed E-state index contributed by atoms with van der Waals surface area (Å²) in [5.74, 6) is -0.979. The average Bonchev–Trinajstić information content (AvgIpc) is 3.04. The zero-order valence-electron chi connectivity index (χ0n) is 14.9. The molecule has 2 heterocycles. The Kier molecular flexibility index (Phi) is 5.99. The number of pyridine rings is 1. The smallest absolute Gasteiger partial charge is 0.341 e. The van der Waals surface area contributed by atoms with Crippen molar-refractivity contribution in [2.24, 2.45) is 0 Å². The van der Waals surface area contributed by atoms with E-state index in [1.807, 2.05) is 6.07 Å². The number of hydrogen-bond donors (Lipinski definition) is 1. The summed E-state index contributed by atoms with van der Waals surface area (Å²) in [6.07, 6.45) is 8.41. The third kappa shape index (κ3) is 4.23. The molecule has 1 amide bonds. The maximum Gasteiger partial charge on any atom is 0.341 e. The fraction of sp³-hybridized carbons (Fsp3) is 0.300. The van der Waals surface area contributed by atoms with E-state index in [1.54, 1.807) is 31.5 Å². The number of esters is 1. The maximum atomic E-state index is 12.6. The van der Waals surface area contributed by atoms with Crippen LogP contribution in [0.4, 0.5) is 5.00 Å². The molecule has 0 fully saturated rings. The van der Waals surface area contributed by atoms with E-state index >= 15 is 0 Å². The minimum Gasteiger partial charge on any atom is -0.462 e. The molecule has 2 aromatic heterocycles. The van der Waals surface area contributed by atoms with Gasteiger partial charge in [0.05, 0.1) is 12.2 Å². The molecule has 7 heteroatoms. The number of anilines is 1. The van der Waals surface area contributed by atoms with Crippen LogP contribution in [0.5, 0.6) is 0 Å². The van der Waals surface area contributed by atoms with Gasteiger partial charge in [-0.05, 0) is 55.9 Å². The van der Waals surface area contributed by atoms with E-state index < -0.39 is 11.9 Å². The van der Waals surface area contributed by atoms with Crippen LogP contribution < -0.4 is 5.32 Å². The zero-order chi connectivity index (χ0) is 19.2. The standard InChI is InChI=1S/C20H19N3O3S/c1-2-26-20(25)17-15-7-3-4-8-16(15)27-19(17)23-18(24)14(11-21)10-13-6-5-9-22-12-13/h5-6,9-10,12H,2-4,7-8H2,1H3,(H,23,24)/b14-10-. The minimum atomic E-state index is -0.550. The number of rotatable bonds is 5. The first-order chi connectivity index (χ1) is 13.1. The Morgan fingerprint density at radius 2 is 2.22 bits per heavy atom. The summed E-state index contributed by atoms with van der Waals surface area (Å²) >= 11 is 1.40.